The van der Waals surface area contributed by atoms with E-state index in [0.29, 0.717) is 6.04 Å². The van der Waals surface area contributed by atoms with E-state index in [1.165, 1.54) is 41.6 Å². The number of nitrogens with zero attached hydrogens (tertiary/aromatic N) is 2. The molecule has 1 atom stereocenters. The minimum Gasteiger partial charge on any atom is -0.310 e. The molecular formula is C18H25N3. The van der Waals surface area contributed by atoms with Gasteiger partial charge in [0.1, 0.15) is 0 Å². The van der Waals surface area contributed by atoms with Crippen LogP contribution in [0.25, 0.3) is 0 Å². The Bertz CT molecular complexity index is 583. The molecule has 1 aromatic heterocycles. The smallest absolute Gasteiger partial charge is 0.0662 e. The van der Waals surface area contributed by atoms with Gasteiger partial charge in [-0.2, -0.15) is 5.10 Å². The second-order valence-corrected chi connectivity index (χ2v) is 6.05. The summed E-state index contributed by atoms with van der Waals surface area (Å²) in [5.41, 5.74) is 5.49. The molecule has 1 heterocycles. The first-order valence-corrected chi connectivity index (χ1v) is 8.11. The van der Waals surface area contributed by atoms with Gasteiger partial charge in [-0.05, 0) is 38.3 Å². The molecule has 1 aliphatic rings. The lowest BCUT2D eigenvalue weighted by Crippen LogP contribution is -2.20. The van der Waals surface area contributed by atoms with Gasteiger partial charge in [0.2, 0.25) is 0 Å². The molecule has 1 aliphatic carbocycles. The van der Waals surface area contributed by atoms with E-state index in [-0.39, 0.29) is 0 Å². The molecule has 1 unspecified atom stereocenters. The van der Waals surface area contributed by atoms with Crippen molar-refractivity contribution in [1.29, 1.82) is 0 Å². The maximum atomic E-state index is 4.67. The first kappa shape index (κ1) is 14.3. The van der Waals surface area contributed by atoms with E-state index in [4.69, 9.17) is 0 Å². The standard InChI is InChI=1S/C18H25N3/c1-3-19-17-6-4-5-7-18-16(17)12-20-21(18)13-15-10-8-14(2)9-11-15/h8-12,17,19H,3-7,13H2,1-2H3. The number of aryl methyl sites for hydroxylation is 1. The van der Waals surface area contributed by atoms with Crippen LogP contribution in [0, 0.1) is 6.92 Å². The van der Waals surface area contributed by atoms with E-state index in [9.17, 15) is 0 Å². The molecule has 0 spiro atoms. The molecule has 0 radical (unpaired) electrons. The third-order valence-electron chi connectivity index (χ3n) is 4.42. The third-order valence-corrected chi connectivity index (χ3v) is 4.42. The summed E-state index contributed by atoms with van der Waals surface area (Å²) >= 11 is 0. The Morgan fingerprint density at radius 1 is 1.24 bits per heavy atom. The topological polar surface area (TPSA) is 29.9 Å². The van der Waals surface area contributed by atoms with Gasteiger partial charge in [-0.3, -0.25) is 4.68 Å². The van der Waals surface area contributed by atoms with Crippen molar-refractivity contribution in [2.75, 3.05) is 6.54 Å². The summed E-state index contributed by atoms with van der Waals surface area (Å²) in [4.78, 5) is 0. The lowest BCUT2D eigenvalue weighted by atomic mass is 10.1. The zero-order valence-electron chi connectivity index (χ0n) is 13.1. The Morgan fingerprint density at radius 2 is 2.05 bits per heavy atom. The number of rotatable bonds is 4. The van der Waals surface area contributed by atoms with E-state index in [0.717, 1.165) is 19.5 Å². The van der Waals surface area contributed by atoms with Crippen LogP contribution in [0.5, 0.6) is 0 Å². The van der Waals surface area contributed by atoms with E-state index in [1.807, 2.05) is 0 Å². The highest BCUT2D eigenvalue weighted by Crippen LogP contribution is 2.28. The quantitative estimate of drug-likeness (QED) is 0.869. The highest BCUT2D eigenvalue weighted by Gasteiger charge is 2.21. The van der Waals surface area contributed by atoms with Crippen molar-refractivity contribution < 1.29 is 0 Å². The second-order valence-electron chi connectivity index (χ2n) is 6.05. The molecule has 0 amide bonds. The molecule has 2 aromatic rings. The fraction of sp³-hybridized carbons (Fsp3) is 0.500. The molecule has 3 heteroatoms. The third kappa shape index (κ3) is 3.18. The fourth-order valence-electron chi connectivity index (χ4n) is 3.25. The maximum Gasteiger partial charge on any atom is 0.0662 e. The predicted octanol–water partition coefficient (Wildman–Crippen LogP) is 3.62. The van der Waals surface area contributed by atoms with Gasteiger partial charge in [-0.15, -0.1) is 0 Å². The summed E-state index contributed by atoms with van der Waals surface area (Å²) < 4.78 is 2.20. The van der Waals surface area contributed by atoms with E-state index < -0.39 is 0 Å². The van der Waals surface area contributed by atoms with Crippen LogP contribution in [0.15, 0.2) is 30.5 Å². The monoisotopic (exact) mass is 283 g/mol. The molecule has 3 rings (SSSR count). The van der Waals surface area contributed by atoms with Crippen LogP contribution in [0.2, 0.25) is 0 Å². The summed E-state index contributed by atoms with van der Waals surface area (Å²) in [5, 5.41) is 8.28. The predicted molar refractivity (Wildman–Crippen MR) is 86.5 cm³/mol. The zero-order chi connectivity index (χ0) is 14.7. The first-order chi connectivity index (χ1) is 10.3. The number of fused-ring (bicyclic) bond motifs is 1. The van der Waals surface area contributed by atoms with Gasteiger partial charge < -0.3 is 5.32 Å². The average molecular weight is 283 g/mol. The summed E-state index contributed by atoms with van der Waals surface area (Å²) in [7, 11) is 0. The van der Waals surface area contributed by atoms with Crippen molar-refractivity contribution in [1.82, 2.24) is 15.1 Å². The Hall–Kier alpha value is -1.61. The SMILES string of the molecule is CCNC1CCCCc2c1cnn2Cc1ccc(C)cc1. The van der Waals surface area contributed by atoms with Gasteiger partial charge >= 0.3 is 0 Å². The van der Waals surface area contributed by atoms with Crippen molar-refractivity contribution in [2.24, 2.45) is 0 Å². The van der Waals surface area contributed by atoms with Crippen LogP contribution in [0.3, 0.4) is 0 Å². The van der Waals surface area contributed by atoms with Crippen molar-refractivity contribution in [2.45, 2.75) is 52.1 Å². The van der Waals surface area contributed by atoms with Crippen LogP contribution in [-0.2, 0) is 13.0 Å². The highest BCUT2D eigenvalue weighted by molar-refractivity contribution is 5.26. The molecule has 3 nitrogen and oxygen atoms in total. The zero-order valence-corrected chi connectivity index (χ0v) is 13.1. The molecule has 1 N–H and O–H groups in total. The molecule has 21 heavy (non-hydrogen) atoms. The Morgan fingerprint density at radius 3 is 2.81 bits per heavy atom. The van der Waals surface area contributed by atoms with Crippen LogP contribution in [0.4, 0.5) is 0 Å². The molecule has 112 valence electrons. The van der Waals surface area contributed by atoms with Crippen molar-refractivity contribution in [3.63, 3.8) is 0 Å². The minimum absolute atomic E-state index is 0.485. The largest absolute Gasteiger partial charge is 0.310 e. The van der Waals surface area contributed by atoms with Crippen LogP contribution < -0.4 is 5.32 Å². The van der Waals surface area contributed by atoms with Gasteiger partial charge in [0, 0.05) is 17.3 Å². The fourth-order valence-corrected chi connectivity index (χ4v) is 3.25. The van der Waals surface area contributed by atoms with E-state index in [1.54, 1.807) is 0 Å². The Kier molecular flexibility index (Phi) is 4.39. The van der Waals surface area contributed by atoms with Gasteiger partial charge in [-0.1, -0.05) is 43.2 Å². The lowest BCUT2D eigenvalue weighted by Gasteiger charge is -2.15. The van der Waals surface area contributed by atoms with Gasteiger partial charge in [0.05, 0.1) is 12.7 Å². The summed E-state index contributed by atoms with van der Waals surface area (Å²) in [5.74, 6) is 0. The molecular weight excluding hydrogens is 258 g/mol. The molecule has 0 bridgehead atoms. The second kappa shape index (κ2) is 6.44. The lowest BCUT2D eigenvalue weighted by molar-refractivity contribution is 0.503. The summed E-state index contributed by atoms with van der Waals surface area (Å²) in [6.07, 6.45) is 7.05. The number of hydrogen-bond donors (Lipinski definition) is 1. The molecule has 0 saturated heterocycles. The molecule has 0 fully saturated rings. The summed E-state index contributed by atoms with van der Waals surface area (Å²) in [6.45, 7) is 6.22. The van der Waals surface area contributed by atoms with Crippen molar-refractivity contribution >= 4 is 0 Å². The van der Waals surface area contributed by atoms with Gasteiger partial charge in [0.15, 0.2) is 0 Å². The van der Waals surface area contributed by atoms with Crippen molar-refractivity contribution in [3.05, 3.63) is 52.8 Å². The Labute approximate surface area is 127 Å². The minimum atomic E-state index is 0.485. The molecule has 1 aromatic carbocycles. The highest BCUT2D eigenvalue weighted by atomic mass is 15.3. The number of aromatic nitrogens is 2. The number of benzene rings is 1. The van der Waals surface area contributed by atoms with Crippen LogP contribution >= 0.6 is 0 Å². The van der Waals surface area contributed by atoms with E-state index in [2.05, 4.69) is 59.4 Å². The van der Waals surface area contributed by atoms with Gasteiger partial charge in [-0.25, -0.2) is 0 Å². The van der Waals surface area contributed by atoms with Crippen molar-refractivity contribution in [3.8, 4) is 0 Å². The average Bonchev–Trinajstić information content (AvgIpc) is 2.76. The normalized spacial score (nSPS) is 18.3. The Balaban J connectivity index is 1.85. The van der Waals surface area contributed by atoms with Gasteiger partial charge in [0.25, 0.3) is 0 Å². The maximum absolute atomic E-state index is 4.67. The van der Waals surface area contributed by atoms with Crippen LogP contribution in [0.1, 0.15) is 54.6 Å². The summed E-state index contributed by atoms with van der Waals surface area (Å²) in [6, 6.07) is 9.26. The van der Waals surface area contributed by atoms with Crippen LogP contribution in [-0.4, -0.2) is 16.3 Å². The molecule has 0 aliphatic heterocycles. The van der Waals surface area contributed by atoms with E-state index >= 15 is 0 Å². The number of nitrogens with one attached hydrogen (secondary N) is 1. The first-order valence-electron chi connectivity index (χ1n) is 8.11. The number of hydrogen-bond acceptors (Lipinski definition) is 2. The molecule has 0 saturated carbocycles.